The van der Waals surface area contributed by atoms with E-state index >= 15 is 0 Å². The van der Waals surface area contributed by atoms with Crippen LogP contribution in [0.5, 0.6) is 0 Å². The standard InChI is InChI=1S/C18H21N3/c1-2-12-21(11-1)13-14-3-5-15(6-4-14)16-7-9-19-18-17(16)8-10-20-18/h3-7,9H,1-2,8,10-13H2,(H,19,20). The summed E-state index contributed by atoms with van der Waals surface area (Å²) < 4.78 is 0. The summed E-state index contributed by atoms with van der Waals surface area (Å²) in [5.41, 5.74) is 5.43. The number of nitrogens with one attached hydrogen (secondary N) is 1. The normalized spacial score (nSPS) is 17.7. The summed E-state index contributed by atoms with van der Waals surface area (Å²) in [5.74, 6) is 1.06. The molecule has 21 heavy (non-hydrogen) atoms. The van der Waals surface area contributed by atoms with Crippen LogP contribution in [0.3, 0.4) is 0 Å². The number of hydrogen-bond acceptors (Lipinski definition) is 3. The highest BCUT2D eigenvalue weighted by Crippen LogP contribution is 2.31. The van der Waals surface area contributed by atoms with E-state index in [1.54, 1.807) is 0 Å². The zero-order chi connectivity index (χ0) is 14.1. The monoisotopic (exact) mass is 279 g/mol. The van der Waals surface area contributed by atoms with Gasteiger partial charge < -0.3 is 5.32 Å². The number of pyridine rings is 1. The number of nitrogens with zero attached hydrogens (tertiary/aromatic N) is 2. The van der Waals surface area contributed by atoms with Crippen molar-refractivity contribution < 1.29 is 0 Å². The molecule has 0 amide bonds. The van der Waals surface area contributed by atoms with Crippen molar-refractivity contribution in [1.82, 2.24) is 9.88 Å². The summed E-state index contributed by atoms with van der Waals surface area (Å²) >= 11 is 0. The first-order valence-electron chi connectivity index (χ1n) is 7.93. The Balaban J connectivity index is 1.57. The molecule has 3 heterocycles. The van der Waals surface area contributed by atoms with E-state index in [2.05, 4.69) is 45.5 Å². The predicted molar refractivity (Wildman–Crippen MR) is 86.4 cm³/mol. The largest absolute Gasteiger partial charge is 0.369 e. The maximum absolute atomic E-state index is 4.41. The zero-order valence-electron chi connectivity index (χ0n) is 12.3. The second-order valence-corrected chi connectivity index (χ2v) is 6.04. The molecule has 2 aliphatic rings. The van der Waals surface area contributed by atoms with E-state index in [9.17, 15) is 0 Å². The number of hydrogen-bond donors (Lipinski definition) is 1. The number of likely N-dealkylation sites (tertiary alicyclic amines) is 1. The van der Waals surface area contributed by atoms with Crippen molar-refractivity contribution in [3.05, 3.63) is 47.7 Å². The molecule has 0 atom stereocenters. The van der Waals surface area contributed by atoms with Gasteiger partial charge in [-0.3, -0.25) is 4.90 Å². The molecule has 4 rings (SSSR count). The molecule has 3 nitrogen and oxygen atoms in total. The molecule has 1 saturated heterocycles. The van der Waals surface area contributed by atoms with Crippen LogP contribution in [0.2, 0.25) is 0 Å². The Bertz CT molecular complexity index is 627. The molecule has 1 aromatic heterocycles. The summed E-state index contributed by atoms with van der Waals surface area (Å²) in [5, 5.41) is 3.35. The Labute approximate surface area is 126 Å². The van der Waals surface area contributed by atoms with Gasteiger partial charge in [0, 0.05) is 24.8 Å². The van der Waals surface area contributed by atoms with E-state index in [1.165, 1.54) is 48.2 Å². The lowest BCUT2D eigenvalue weighted by Gasteiger charge is -2.15. The van der Waals surface area contributed by atoms with Crippen LogP contribution >= 0.6 is 0 Å². The third kappa shape index (κ3) is 2.54. The first-order chi connectivity index (χ1) is 10.4. The van der Waals surface area contributed by atoms with Crippen LogP contribution in [0.1, 0.15) is 24.0 Å². The highest BCUT2D eigenvalue weighted by molar-refractivity contribution is 5.73. The Morgan fingerprint density at radius 1 is 1.05 bits per heavy atom. The van der Waals surface area contributed by atoms with E-state index in [-0.39, 0.29) is 0 Å². The van der Waals surface area contributed by atoms with Gasteiger partial charge in [-0.15, -0.1) is 0 Å². The maximum atomic E-state index is 4.41. The number of fused-ring (bicyclic) bond motifs is 1. The quantitative estimate of drug-likeness (QED) is 0.934. The summed E-state index contributed by atoms with van der Waals surface area (Å²) in [6.07, 6.45) is 5.70. The highest BCUT2D eigenvalue weighted by Gasteiger charge is 2.16. The molecule has 0 bridgehead atoms. The fourth-order valence-electron chi connectivity index (χ4n) is 3.46. The van der Waals surface area contributed by atoms with Gasteiger partial charge in [0.1, 0.15) is 5.82 Å². The minimum absolute atomic E-state index is 1.01. The lowest BCUT2D eigenvalue weighted by atomic mass is 9.99. The van der Waals surface area contributed by atoms with Gasteiger partial charge in [-0.2, -0.15) is 0 Å². The van der Waals surface area contributed by atoms with Gasteiger partial charge in [0.25, 0.3) is 0 Å². The second kappa shape index (κ2) is 5.49. The van der Waals surface area contributed by atoms with Crippen molar-refractivity contribution in [1.29, 1.82) is 0 Å². The summed E-state index contributed by atoms with van der Waals surface area (Å²) in [7, 11) is 0. The van der Waals surface area contributed by atoms with Crippen LogP contribution in [-0.2, 0) is 13.0 Å². The molecule has 2 aromatic rings. The highest BCUT2D eigenvalue weighted by atomic mass is 15.1. The van der Waals surface area contributed by atoms with E-state index in [1.807, 2.05) is 6.20 Å². The molecule has 0 unspecified atom stereocenters. The molecule has 1 N–H and O–H groups in total. The fraction of sp³-hybridized carbons (Fsp3) is 0.389. The van der Waals surface area contributed by atoms with Crippen LogP contribution in [0.4, 0.5) is 5.82 Å². The molecule has 108 valence electrons. The topological polar surface area (TPSA) is 28.2 Å². The number of benzene rings is 1. The van der Waals surface area contributed by atoms with Gasteiger partial charge >= 0.3 is 0 Å². The van der Waals surface area contributed by atoms with Crippen molar-refractivity contribution in [2.24, 2.45) is 0 Å². The van der Waals surface area contributed by atoms with Crippen molar-refractivity contribution in [2.75, 3.05) is 25.0 Å². The molecule has 0 saturated carbocycles. The van der Waals surface area contributed by atoms with Crippen LogP contribution in [0, 0.1) is 0 Å². The van der Waals surface area contributed by atoms with E-state index in [4.69, 9.17) is 0 Å². The molecular weight excluding hydrogens is 258 g/mol. The van der Waals surface area contributed by atoms with Crippen LogP contribution in [-0.4, -0.2) is 29.5 Å². The Morgan fingerprint density at radius 2 is 1.86 bits per heavy atom. The Hall–Kier alpha value is -1.87. The summed E-state index contributed by atoms with van der Waals surface area (Å²) in [6, 6.07) is 11.2. The van der Waals surface area contributed by atoms with Gasteiger partial charge in [-0.05, 0) is 55.1 Å². The smallest absolute Gasteiger partial charge is 0.129 e. The first-order valence-corrected chi connectivity index (χ1v) is 7.93. The van der Waals surface area contributed by atoms with Crippen molar-refractivity contribution in [3.8, 4) is 11.1 Å². The maximum Gasteiger partial charge on any atom is 0.129 e. The summed E-state index contributed by atoms with van der Waals surface area (Å²) in [6.45, 7) is 4.61. The van der Waals surface area contributed by atoms with Crippen LogP contribution in [0.15, 0.2) is 36.5 Å². The average molecular weight is 279 g/mol. The molecule has 2 aliphatic heterocycles. The Morgan fingerprint density at radius 3 is 2.67 bits per heavy atom. The lowest BCUT2D eigenvalue weighted by molar-refractivity contribution is 0.331. The minimum atomic E-state index is 1.01. The molecule has 0 aliphatic carbocycles. The fourth-order valence-corrected chi connectivity index (χ4v) is 3.46. The molecular formula is C18H21N3. The minimum Gasteiger partial charge on any atom is -0.369 e. The van der Waals surface area contributed by atoms with E-state index in [0.29, 0.717) is 0 Å². The molecule has 0 spiro atoms. The number of aromatic nitrogens is 1. The zero-order valence-corrected chi connectivity index (χ0v) is 12.3. The predicted octanol–water partition coefficient (Wildman–Crippen LogP) is 3.31. The van der Waals surface area contributed by atoms with Gasteiger partial charge in [0.15, 0.2) is 0 Å². The first kappa shape index (κ1) is 12.8. The van der Waals surface area contributed by atoms with Crippen molar-refractivity contribution >= 4 is 5.82 Å². The third-order valence-corrected chi connectivity index (χ3v) is 4.59. The third-order valence-electron chi connectivity index (χ3n) is 4.59. The molecule has 3 heteroatoms. The van der Waals surface area contributed by atoms with E-state index in [0.717, 1.165) is 25.3 Å². The molecule has 1 aromatic carbocycles. The second-order valence-electron chi connectivity index (χ2n) is 6.04. The van der Waals surface area contributed by atoms with Crippen LogP contribution in [0.25, 0.3) is 11.1 Å². The number of rotatable bonds is 3. The summed E-state index contributed by atoms with van der Waals surface area (Å²) in [4.78, 5) is 6.96. The van der Waals surface area contributed by atoms with Gasteiger partial charge in [-0.1, -0.05) is 24.3 Å². The molecule has 1 fully saturated rings. The van der Waals surface area contributed by atoms with Crippen molar-refractivity contribution in [2.45, 2.75) is 25.8 Å². The Kier molecular flexibility index (Phi) is 3.36. The van der Waals surface area contributed by atoms with Crippen molar-refractivity contribution in [3.63, 3.8) is 0 Å². The van der Waals surface area contributed by atoms with E-state index < -0.39 is 0 Å². The van der Waals surface area contributed by atoms with Crippen LogP contribution < -0.4 is 5.32 Å². The molecule has 0 radical (unpaired) electrons. The average Bonchev–Trinajstić information content (AvgIpc) is 3.18. The van der Waals surface area contributed by atoms with Gasteiger partial charge in [0.2, 0.25) is 0 Å². The van der Waals surface area contributed by atoms with Gasteiger partial charge in [0.05, 0.1) is 0 Å². The van der Waals surface area contributed by atoms with Gasteiger partial charge in [-0.25, -0.2) is 4.98 Å². The lowest BCUT2D eigenvalue weighted by Crippen LogP contribution is -2.18. The number of anilines is 1. The SMILES string of the molecule is c1cc(-c2ccc(CN3CCCC3)cc2)c2c(n1)NCC2.